The molecule has 0 radical (unpaired) electrons. The van der Waals surface area contributed by atoms with E-state index in [0.29, 0.717) is 6.42 Å². The van der Waals surface area contributed by atoms with Gasteiger partial charge < -0.3 is 4.74 Å². The predicted molar refractivity (Wildman–Crippen MR) is 55.7 cm³/mol. The van der Waals surface area contributed by atoms with Gasteiger partial charge in [0.25, 0.3) is 0 Å². The highest BCUT2D eigenvalue weighted by Gasteiger charge is 2.56. The topological polar surface area (TPSA) is 26.3 Å². The molecule has 1 aliphatic carbocycles. The molecule has 0 aromatic heterocycles. The van der Waals surface area contributed by atoms with Crippen LogP contribution in [0.25, 0.3) is 0 Å². The summed E-state index contributed by atoms with van der Waals surface area (Å²) in [7, 11) is 0. The van der Waals surface area contributed by atoms with E-state index in [1.807, 2.05) is 0 Å². The van der Waals surface area contributed by atoms with Gasteiger partial charge in [0.05, 0.1) is 12.2 Å². The number of halogens is 2. The van der Waals surface area contributed by atoms with Gasteiger partial charge in [0.15, 0.2) is 10.1 Å². The minimum atomic E-state index is -1.18. The molecule has 0 aromatic carbocycles. The SMILES string of the molecule is CC1CCCC(C2CC(=O)C2(Cl)Cl)O1. The first-order valence-corrected chi connectivity index (χ1v) is 5.84. The number of carbonyl (C=O) groups excluding carboxylic acids is 1. The van der Waals surface area contributed by atoms with Crippen LogP contribution in [0.4, 0.5) is 0 Å². The second kappa shape index (κ2) is 3.66. The summed E-state index contributed by atoms with van der Waals surface area (Å²) in [5.41, 5.74) is 0. The van der Waals surface area contributed by atoms with E-state index < -0.39 is 4.33 Å². The molecule has 1 heterocycles. The van der Waals surface area contributed by atoms with E-state index in [9.17, 15) is 4.79 Å². The molecule has 2 aliphatic rings. The van der Waals surface area contributed by atoms with Crippen molar-refractivity contribution < 1.29 is 9.53 Å². The van der Waals surface area contributed by atoms with Crippen molar-refractivity contribution in [2.45, 2.75) is 49.1 Å². The molecule has 1 saturated heterocycles. The van der Waals surface area contributed by atoms with Gasteiger partial charge in [-0.15, -0.1) is 0 Å². The lowest BCUT2D eigenvalue weighted by Gasteiger charge is -2.44. The summed E-state index contributed by atoms with van der Waals surface area (Å²) in [6.45, 7) is 2.05. The van der Waals surface area contributed by atoms with Gasteiger partial charge in [-0.25, -0.2) is 0 Å². The Kier molecular flexibility index (Phi) is 2.80. The van der Waals surface area contributed by atoms with Gasteiger partial charge in [-0.05, 0) is 26.2 Å². The monoisotopic (exact) mass is 236 g/mol. The van der Waals surface area contributed by atoms with Gasteiger partial charge in [0.1, 0.15) is 0 Å². The predicted octanol–water partition coefficient (Wildman–Crippen LogP) is 2.71. The summed E-state index contributed by atoms with van der Waals surface area (Å²) in [6, 6.07) is 0. The molecule has 80 valence electrons. The number of Topliss-reactive ketones (excluding diaryl/α,β-unsaturated/α-hetero) is 1. The van der Waals surface area contributed by atoms with E-state index >= 15 is 0 Å². The van der Waals surface area contributed by atoms with Crippen molar-refractivity contribution in [1.82, 2.24) is 0 Å². The maximum Gasteiger partial charge on any atom is 0.181 e. The largest absolute Gasteiger partial charge is 0.375 e. The summed E-state index contributed by atoms with van der Waals surface area (Å²) < 4.78 is 4.57. The first kappa shape index (κ1) is 10.7. The fourth-order valence-corrected chi connectivity index (χ4v) is 2.83. The molecule has 1 aliphatic heterocycles. The van der Waals surface area contributed by atoms with E-state index in [1.54, 1.807) is 0 Å². The molecule has 14 heavy (non-hydrogen) atoms. The summed E-state index contributed by atoms with van der Waals surface area (Å²) in [6.07, 6.45) is 4.03. The van der Waals surface area contributed by atoms with Gasteiger partial charge in [0.2, 0.25) is 0 Å². The van der Waals surface area contributed by atoms with Crippen LogP contribution in [0.1, 0.15) is 32.6 Å². The van der Waals surface area contributed by atoms with Crippen LogP contribution >= 0.6 is 23.2 Å². The van der Waals surface area contributed by atoms with Crippen molar-refractivity contribution in [3.63, 3.8) is 0 Å². The van der Waals surface area contributed by atoms with Crippen molar-refractivity contribution in [3.8, 4) is 0 Å². The molecule has 4 heteroatoms. The number of carbonyl (C=O) groups is 1. The van der Waals surface area contributed by atoms with Crippen LogP contribution in [0.15, 0.2) is 0 Å². The molecule has 0 N–H and O–H groups in total. The Bertz CT molecular complexity index is 253. The van der Waals surface area contributed by atoms with E-state index in [0.717, 1.165) is 19.3 Å². The van der Waals surface area contributed by atoms with Crippen molar-refractivity contribution in [1.29, 1.82) is 0 Å². The minimum absolute atomic E-state index is 0.00100. The van der Waals surface area contributed by atoms with E-state index in [-0.39, 0.29) is 23.9 Å². The summed E-state index contributed by atoms with van der Waals surface area (Å²) in [4.78, 5) is 11.2. The molecule has 3 unspecified atom stereocenters. The highest BCUT2D eigenvalue weighted by molar-refractivity contribution is 6.60. The Morgan fingerprint density at radius 2 is 2.14 bits per heavy atom. The van der Waals surface area contributed by atoms with Crippen LogP contribution in [0.5, 0.6) is 0 Å². The quantitative estimate of drug-likeness (QED) is 0.655. The smallest absolute Gasteiger partial charge is 0.181 e. The molecule has 2 nitrogen and oxygen atoms in total. The zero-order valence-corrected chi connectivity index (χ0v) is 9.64. The third kappa shape index (κ3) is 1.68. The average Bonchev–Trinajstić information content (AvgIpc) is 2.14. The van der Waals surface area contributed by atoms with Crippen molar-refractivity contribution in [2.75, 3.05) is 0 Å². The van der Waals surface area contributed by atoms with Crippen LogP contribution in [0.2, 0.25) is 0 Å². The first-order valence-electron chi connectivity index (χ1n) is 5.08. The summed E-state index contributed by atoms with van der Waals surface area (Å²) in [5, 5.41) is 0. The third-order valence-corrected chi connectivity index (χ3v) is 4.18. The van der Waals surface area contributed by atoms with Crippen LogP contribution in [-0.4, -0.2) is 22.3 Å². The second-order valence-electron chi connectivity index (χ2n) is 4.27. The molecular weight excluding hydrogens is 223 g/mol. The normalized spacial score (nSPS) is 41.9. The zero-order valence-electron chi connectivity index (χ0n) is 8.13. The van der Waals surface area contributed by atoms with Crippen LogP contribution in [-0.2, 0) is 9.53 Å². The Hall–Kier alpha value is 0.210. The molecule has 2 fully saturated rings. The van der Waals surface area contributed by atoms with Gasteiger partial charge in [-0.3, -0.25) is 4.79 Å². The molecule has 0 bridgehead atoms. The van der Waals surface area contributed by atoms with Gasteiger partial charge in [0, 0.05) is 12.3 Å². The van der Waals surface area contributed by atoms with Crippen LogP contribution in [0.3, 0.4) is 0 Å². The molecule has 2 rings (SSSR count). The number of ether oxygens (including phenoxy) is 1. The minimum Gasteiger partial charge on any atom is -0.375 e. The molecule has 1 saturated carbocycles. The van der Waals surface area contributed by atoms with Crippen LogP contribution in [0, 0.1) is 5.92 Å². The van der Waals surface area contributed by atoms with Crippen molar-refractivity contribution in [3.05, 3.63) is 0 Å². The molecular formula is C10H14Cl2O2. The van der Waals surface area contributed by atoms with Crippen molar-refractivity contribution in [2.24, 2.45) is 5.92 Å². The average molecular weight is 237 g/mol. The van der Waals surface area contributed by atoms with Gasteiger partial charge in [-0.1, -0.05) is 23.2 Å². The Labute approximate surface area is 93.9 Å². The summed E-state index contributed by atoms with van der Waals surface area (Å²) in [5.74, 6) is -0.0613. The number of hydrogen-bond acceptors (Lipinski definition) is 2. The van der Waals surface area contributed by atoms with E-state index in [1.165, 1.54) is 0 Å². The molecule has 0 aromatic rings. The van der Waals surface area contributed by atoms with Gasteiger partial charge >= 0.3 is 0 Å². The fraction of sp³-hybridized carbons (Fsp3) is 0.900. The second-order valence-corrected chi connectivity index (χ2v) is 5.66. The first-order chi connectivity index (χ1) is 6.51. The highest BCUT2D eigenvalue weighted by atomic mass is 35.5. The lowest BCUT2D eigenvalue weighted by atomic mass is 9.76. The highest BCUT2D eigenvalue weighted by Crippen LogP contribution is 2.49. The number of rotatable bonds is 1. The lowest BCUT2D eigenvalue weighted by Crippen LogP contribution is -2.54. The Morgan fingerprint density at radius 1 is 1.43 bits per heavy atom. The van der Waals surface area contributed by atoms with E-state index in [4.69, 9.17) is 27.9 Å². The Morgan fingerprint density at radius 3 is 2.64 bits per heavy atom. The fourth-order valence-electron chi connectivity index (χ4n) is 2.24. The zero-order chi connectivity index (χ0) is 10.3. The maximum absolute atomic E-state index is 11.2. The van der Waals surface area contributed by atoms with Gasteiger partial charge in [-0.2, -0.15) is 0 Å². The Balaban J connectivity index is 1.99. The van der Waals surface area contributed by atoms with E-state index in [2.05, 4.69) is 6.92 Å². The molecule has 0 amide bonds. The molecule has 3 atom stereocenters. The lowest BCUT2D eigenvalue weighted by molar-refractivity contribution is -0.140. The number of alkyl halides is 2. The maximum atomic E-state index is 11.2. The third-order valence-electron chi connectivity index (χ3n) is 3.20. The van der Waals surface area contributed by atoms with Crippen LogP contribution < -0.4 is 0 Å². The standard InChI is InChI=1S/C10H14Cl2O2/c1-6-3-2-4-8(14-6)7-5-9(13)10(7,11)12/h6-8H,2-5H2,1H3. The number of hydrogen-bond donors (Lipinski definition) is 0. The molecule has 0 spiro atoms. The van der Waals surface area contributed by atoms with Crippen molar-refractivity contribution >= 4 is 29.0 Å². The number of ketones is 1. The summed E-state index contributed by atoms with van der Waals surface area (Å²) >= 11 is 11.9.